The van der Waals surface area contributed by atoms with Gasteiger partial charge in [-0.3, -0.25) is 0 Å². The number of hydrogen-bond acceptors (Lipinski definition) is 1. The number of rotatable bonds is 3. The summed E-state index contributed by atoms with van der Waals surface area (Å²) in [5.41, 5.74) is 2.08. The fourth-order valence-electron chi connectivity index (χ4n) is 3.68. The first-order valence-corrected chi connectivity index (χ1v) is 7.71. The van der Waals surface area contributed by atoms with Crippen LogP contribution in [0.1, 0.15) is 78.3 Å². The summed E-state index contributed by atoms with van der Waals surface area (Å²) in [6.07, 6.45) is 5.24. The molecule has 1 aromatic carbocycles. The molecule has 0 radical (unpaired) electrons. The Morgan fingerprint density at radius 3 is 2.33 bits per heavy atom. The first kappa shape index (κ1) is 14.5. The Labute approximate surface area is 123 Å². The Morgan fingerprint density at radius 2 is 1.76 bits per heavy atom. The third-order valence-corrected chi connectivity index (χ3v) is 4.91. The van der Waals surface area contributed by atoms with Crippen molar-refractivity contribution in [3.63, 3.8) is 0 Å². The van der Waals surface area contributed by atoms with Crippen molar-refractivity contribution in [1.82, 2.24) is 0 Å². The molecule has 3 rings (SSSR count). The van der Waals surface area contributed by atoms with Crippen LogP contribution >= 0.6 is 0 Å². The first-order chi connectivity index (χ1) is 9.96. The Morgan fingerprint density at radius 1 is 1.10 bits per heavy atom. The van der Waals surface area contributed by atoms with Gasteiger partial charge < -0.3 is 5.11 Å². The van der Waals surface area contributed by atoms with Crippen molar-refractivity contribution in [1.29, 1.82) is 0 Å². The van der Waals surface area contributed by atoms with Gasteiger partial charge in [0, 0.05) is 12.8 Å². The number of aromatic carboxylic acids is 1. The fraction of sp³-hybridized carbons (Fsp3) is 0.588. The predicted octanol–water partition coefficient (Wildman–Crippen LogP) is 4.95. The second kappa shape index (κ2) is 5.39. The summed E-state index contributed by atoms with van der Waals surface area (Å²) in [6, 6.07) is 5.22. The molecule has 4 heteroatoms. The molecule has 1 N–H and O–H groups in total. The molecule has 0 heterocycles. The van der Waals surface area contributed by atoms with E-state index in [9.17, 15) is 18.7 Å². The van der Waals surface area contributed by atoms with Gasteiger partial charge in [-0.2, -0.15) is 0 Å². The van der Waals surface area contributed by atoms with Gasteiger partial charge in [-0.15, -0.1) is 0 Å². The van der Waals surface area contributed by atoms with E-state index in [0.29, 0.717) is 5.56 Å². The highest BCUT2D eigenvalue weighted by Gasteiger charge is 2.46. The third-order valence-electron chi connectivity index (χ3n) is 4.91. The second-order valence-electron chi connectivity index (χ2n) is 6.45. The summed E-state index contributed by atoms with van der Waals surface area (Å²) in [7, 11) is 0. The number of carboxylic acid groups (broad SMARTS) is 1. The summed E-state index contributed by atoms with van der Waals surface area (Å²) in [5.74, 6) is -3.31. The van der Waals surface area contributed by atoms with Crippen molar-refractivity contribution < 1.29 is 18.7 Å². The number of hydrogen-bond donors (Lipinski definition) is 1. The van der Waals surface area contributed by atoms with Gasteiger partial charge >= 0.3 is 5.97 Å². The van der Waals surface area contributed by atoms with Crippen molar-refractivity contribution in [2.45, 2.75) is 62.7 Å². The zero-order chi connectivity index (χ0) is 15.0. The predicted molar refractivity (Wildman–Crippen MR) is 76.1 cm³/mol. The van der Waals surface area contributed by atoms with E-state index < -0.39 is 11.9 Å². The summed E-state index contributed by atoms with van der Waals surface area (Å²) >= 11 is 0. The van der Waals surface area contributed by atoms with Gasteiger partial charge in [0.2, 0.25) is 5.92 Å². The van der Waals surface area contributed by atoms with Gasteiger partial charge in [0.1, 0.15) is 0 Å². The van der Waals surface area contributed by atoms with Crippen LogP contribution in [0.5, 0.6) is 0 Å². The molecule has 0 spiro atoms. The minimum absolute atomic E-state index is 0.108. The van der Waals surface area contributed by atoms with Crippen LogP contribution in [0.4, 0.5) is 8.78 Å². The number of carboxylic acids is 1. The fourth-order valence-corrected chi connectivity index (χ4v) is 3.68. The summed E-state index contributed by atoms with van der Waals surface area (Å²) in [6.45, 7) is 0. The lowest BCUT2D eigenvalue weighted by molar-refractivity contribution is -0.0867. The van der Waals surface area contributed by atoms with Gasteiger partial charge in [0.15, 0.2) is 0 Å². The highest BCUT2D eigenvalue weighted by Crippen LogP contribution is 2.49. The molecular weight excluding hydrogens is 274 g/mol. The van der Waals surface area contributed by atoms with Crippen molar-refractivity contribution in [2.24, 2.45) is 0 Å². The van der Waals surface area contributed by atoms with E-state index in [1.54, 1.807) is 12.1 Å². The summed E-state index contributed by atoms with van der Waals surface area (Å²) in [5, 5.41) is 9.36. The van der Waals surface area contributed by atoms with E-state index in [2.05, 4.69) is 0 Å². The molecule has 0 amide bonds. The minimum Gasteiger partial charge on any atom is -0.478 e. The number of carbonyl (C=O) groups is 1. The molecular formula is C17H20F2O2. The summed E-state index contributed by atoms with van der Waals surface area (Å²) < 4.78 is 26.1. The average Bonchev–Trinajstić information content (AvgIpc) is 2.45. The lowest BCUT2D eigenvalue weighted by Gasteiger charge is -2.36. The van der Waals surface area contributed by atoms with Crippen LogP contribution in [0, 0.1) is 0 Å². The SMILES string of the molecule is O=C(O)c1ccc(C2CC(F)(F)C2)cc1C1CCCCC1. The molecule has 0 aliphatic heterocycles. The summed E-state index contributed by atoms with van der Waals surface area (Å²) in [4.78, 5) is 11.4. The third kappa shape index (κ3) is 2.94. The average molecular weight is 294 g/mol. The second-order valence-corrected chi connectivity index (χ2v) is 6.45. The molecule has 0 bridgehead atoms. The quantitative estimate of drug-likeness (QED) is 0.856. The Bertz CT molecular complexity index is 540. The van der Waals surface area contributed by atoms with E-state index in [-0.39, 0.29) is 24.7 Å². The lowest BCUT2D eigenvalue weighted by Crippen LogP contribution is -2.33. The Balaban J connectivity index is 1.89. The Hall–Kier alpha value is -1.45. The molecule has 0 aromatic heterocycles. The molecule has 2 aliphatic carbocycles. The van der Waals surface area contributed by atoms with Crippen molar-refractivity contribution in [3.05, 3.63) is 34.9 Å². The van der Waals surface area contributed by atoms with E-state index in [1.165, 1.54) is 6.42 Å². The van der Waals surface area contributed by atoms with E-state index in [0.717, 1.165) is 36.8 Å². The molecule has 0 saturated heterocycles. The van der Waals surface area contributed by atoms with Crippen LogP contribution < -0.4 is 0 Å². The molecule has 2 fully saturated rings. The maximum Gasteiger partial charge on any atom is 0.335 e. The smallest absolute Gasteiger partial charge is 0.335 e. The van der Waals surface area contributed by atoms with Crippen LogP contribution in [0.15, 0.2) is 18.2 Å². The highest BCUT2D eigenvalue weighted by atomic mass is 19.3. The standard InChI is InChI=1S/C17H20F2O2/c18-17(19)9-13(10-17)12-6-7-14(16(20)21)15(8-12)11-4-2-1-3-5-11/h6-8,11,13H,1-5,9-10H2,(H,20,21). The largest absolute Gasteiger partial charge is 0.478 e. The maximum atomic E-state index is 13.0. The van der Waals surface area contributed by atoms with Gasteiger partial charge in [-0.05, 0) is 41.9 Å². The molecule has 2 saturated carbocycles. The number of halogens is 2. The number of benzene rings is 1. The highest BCUT2D eigenvalue weighted by molar-refractivity contribution is 5.89. The van der Waals surface area contributed by atoms with E-state index in [1.807, 2.05) is 6.07 Å². The van der Waals surface area contributed by atoms with E-state index >= 15 is 0 Å². The van der Waals surface area contributed by atoms with Gasteiger partial charge in [-0.25, -0.2) is 13.6 Å². The topological polar surface area (TPSA) is 37.3 Å². The monoisotopic (exact) mass is 294 g/mol. The lowest BCUT2D eigenvalue weighted by atomic mass is 9.74. The van der Waals surface area contributed by atoms with Crippen LogP contribution in [0.3, 0.4) is 0 Å². The van der Waals surface area contributed by atoms with Crippen molar-refractivity contribution in [2.75, 3.05) is 0 Å². The number of alkyl halides is 2. The molecule has 114 valence electrons. The zero-order valence-electron chi connectivity index (χ0n) is 11.9. The Kier molecular flexibility index (Phi) is 3.72. The molecule has 0 atom stereocenters. The van der Waals surface area contributed by atoms with Crippen LogP contribution in [-0.4, -0.2) is 17.0 Å². The van der Waals surface area contributed by atoms with Gasteiger partial charge in [-0.1, -0.05) is 31.4 Å². The maximum absolute atomic E-state index is 13.0. The first-order valence-electron chi connectivity index (χ1n) is 7.71. The zero-order valence-corrected chi connectivity index (χ0v) is 11.9. The minimum atomic E-state index is -2.54. The molecule has 2 nitrogen and oxygen atoms in total. The molecule has 1 aromatic rings. The van der Waals surface area contributed by atoms with Crippen LogP contribution in [0.25, 0.3) is 0 Å². The van der Waals surface area contributed by atoms with Crippen molar-refractivity contribution in [3.8, 4) is 0 Å². The van der Waals surface area contributed by atoms with E-state index in [4.69, 9.17) is 0 Å². The molecule has 2 aliphatic rings. The van der Waals surface area contributed by atoms with Gasteiger partial charge in [0.25, 0.3) is 0 Å². The normalized spacial score (nSPS) is 22.8. The molecule has 0 unspecified atom stereocenters. The van der Waals surface area contributed by atoms with Crippen LogP contribution in [0.2, 0.25) is 0 Å². The molecule has 21 heavy (non-hydrogen) atoms. The van der Waals surface area contributed by atoms with Crippen LogP contribution in [-0.2, 0) is 0 Å². The van der Waals surface area contributed by atoms with Crippen molar-refractivity contribution >= 4 is 5.97 Å². The van der Waals surface area contributed by atoms with Gasteiger partial charge in [0.05, 0.1) is 5.56 Å².